The van der Waals surface area contributed by atoms with E-state index in [0.717, 1.165) is 25.4 Å². The van der Waals surface area contributed by atoms with Crippen molar-refractivity contribution in [3.05, 3.63) is 0 Å². The first-order valence-corrected chi connectivity index (χ1v) is 6.97. The molecule has 1 fully saturated rings. The summed E-state index contributed by atoms with van der Waals surface area (Å²) in [7, 11) is 5.40. The van der Waals surface area contributed by atoms with Gasteiger partial charge in [0.2, 0.25) is 0 Å². The highest BCUT2D eigenvalue weighted by Gasteiger charge is 2.32. The third kappa shape index (κ3) is 4.25. The predicted molar refractivity (Wildman–Crippen MR) is 73.6 cm³/mol. The van der Waals surface area contributed by atoms with Gasteiger partial charge in [-0.25, -0.2) is 0 Å². The van der Waals surface area contributed by atoms with Crippen LogP contribution in [0.5, 0.6) is 0 Å². The van der Waals surface area contributed by atoms with E-state index in [1.807, 2.05) is 14.0 Å². The summed E-state index contributed by atoms with van der Waals surface area (Å²) in [5, 5.41) is 3.08. The van der Waals surface area contributed by atoms with E-state index in [0.29, 0.717) is 0 Å². The fourth-order valence-corrected chi connectivity index (χ4v) is 2.69. The van der Waals surface area contributed by atoms with Gasteiger partial charge in [0.05, 0.1) is 7.11 Å². The smallest absolute Gasteiger partial charge is 0.325 e. The third-order valence-electron chi connectivity index (χ3n) is 4.23. The number of hydrogen-bond acceptors (Lipinski definition) is 4. The van der Waals surface area contributed by atoms with Crippen molar-refractivity contribution in [3.8, 4) is 0 Å². The van der Waals surface area contributed by atoms with Gasteiger partial charge in [-0.3, -0.25) is 4.79 Å². The van der Waals surface area contributed by atoms with Crippen LogP contribution in [0.15, 0.2) is 0 Å². The summed E-state index contributed by atoms with van der Waals surface area (Å²) < 4.78 is 4.85. The minimum atomic E-state index is -0.571. The lowest BCUT2D eigenvalue weighted by Gasteiger charge is -2.29. The quantitative estimate of drug-likeness (QED) is 0.703. The topological polar surface area (TPSA) is 41.6 Å². The molecule has 4 nitrogen and oxygen atoms in total. The standard InChI is InChI=1S/C14H28N2O2/c1-14(15-2,13(17)18-4)9-10-16(3)11-12-7-5-6-8-12/h12,15H,5-11H2,1-4H3. The summed E-state index contributed by atoms with van der Waals surface area (Å²) in [6.45, 7) is 3.98. The molecule has 0 aliphatic heterocycles. The first-order valence-electron chi connectivity index (χ1n) is 6.97. The van der Waals surface area contributed by atoms with Gasteiger partial charge in [0.1, 0.15) is 5.54 Å². The maximum Gasteiger partial charge on any atom is 0.325 e. The van der Waals surface area contributed by atoms with Gasteiger partial charge in [-0.15, -0.1) is 0 Å². The second-order valence-electron chi connectivity index (χ2n) is 5.74. The largest absolute Gasteiger partial charge is 0.468 e. The number of hydrogen-bond donors (Lipinski definition) is 1. The lowest BCUT2D eigenvalue weighted by Crippen LogP contribution is -2.50. The summed E-state index contributed by atoms with van der Waals surface area (Å²) in [5.41, 5.74) is -0.571. The van der Waals surface area contributed by atoms with Crippen LogP contribution in [0.25, 0.3) is 0 Å². The Bertz CT molecular complexity index is 265. The Morgan fingerprint density at radius 2 is 2.06 bits per heavy atom. The molecule has 0 aromatic carbocycles. The molecule has 0 radical (unpaired) electrons. The van der Waals surface area contributed by atoms with E-state index in [1.54, 1.807) is 0 Å². The Balaban J connectivity index is 2.34. The van der Waals surface area contributed by atoms with Crippen molar-refractivity contribution in [1.82, 2.24) is 10.2 Å². The lowest BCUT2D eigenvalue weighted by molar-refractivity contribution is -0.148. The summed E-state index contributed by atoms with van der Waals surface area (Å²) in [5.74, 6) is 0.674. The molecule has 1 unspecified atom stereocenters. The van der Waals surface area contributed by atoms with Gasteiger partial charge >= 0.3 is 5.97 Å². The maximum atomic E-state index is 11.7. The number of likely N-dealkylation sites (N-methyl/N-ethyl adjacent to an activating group) is 1. The van der Waals surface area contributed by atoms with Crippen molar-refractivity contribution in [2.45, 2.75) is 44.6 Å². The molecule has 1 aliphatic carbocycles. The predicted octanol–water partition coefficient (Wildman–Crippen LogP) is 1.65. The summed E-state index contributed by atoms with van der Waals surface area (Å²) >= 11 is 0. The van der Waals surface area contributed by atoms with Crippen LogP contribution in [0.2, 0.25) is 0 Å². The van der Waals surface area contributed by atoms with E-state index >= 15 is 0 Å². The minimum absolute atomic E-state index is 0.181. The van der Waals surface area contributed by atoms with E-state index in [4.69, 9.17) is 4.74 Å². The number of methoxy groups -OCH3 is 1. The van der Waals surface area contributed by atoms with Crippen LogP contribution in [0.1, 0.15) is 39.0 Å². The fraction of sp³-hybridized carbons (Fsp3) is 0.929. The molecule has 18 heavy (non-hydrogen) atoms. The molecule has 4 heteroatoms. The van der Waals surface area contributed by atoms with Crippen LogP contribution < -0.4 is 5.32 Å². The van der Waals surface area contributed by atoms with Crippen LogP contribution in [0, 0.1) is 5.92 Å². The number of ether oxygens (including phenoxy) is 1. The summed E-state index contributed by atoms with van der Waals surface area (Å²) in [6, 6.07) is 0. The second kappa shape index (κ2) is 7.10. The summed E-state index contributed by atoms with van der Waals surface area (Å²) in [6.07, 6.45) is 6.28. The van der Waals surface area contributed by atoms with Crippen LogP contribution in [0.3, 0.4) is 0 Å². The molecule has 0 amide bonds. The molecule has 1 rings (SSSR count). The molecule has 0 aromatic heterocycles. The van der Waals surface area contributed by atoms with E-state index in [9.17, 15) is 4.79 Å². The molecule has 1 aliphatic rings. The Labute approximate surface area is 111 Å². The van der Waals surface area contributed by atoms with Gasteiger partial charge in [-0.1, -0.05) is 12.8 Å². The number of carbonyl (C=O) groups is 1. The van der Waals surface area contributed by atoms with Crippen LogP contribution in [0.4, 0.5) is 0 Å². The molecule has 0 heterocycles. The van der Waals surface area contributed by atoms with Gasteiger partial charge < -0.3 is 15.0 Å². The van der Waals surface area contributed by atoms with Gasteiger partial charge in [0, 0.05) is 13.1 Å². The molecular weight excluding hydrogens is 228 g/mol. The zero-order chi connectivity index (χ0) is 13.6. The first-order chi connectivity index (χ1) is 8.51. The van der Waals surface area contributed by atoms with Gasteiger partial charge in [0.15, 0.2) is 0 Å². The molecule has 1 N–H and O–H groups in total. The number of rotatable bonds is 7. The van der Waals surface area contributed by atoms with Crippen molar-refractivity contribution in [3.63, 3.8) is 0 Å². The van der Waals surface area contributed by atoms with Crippen molar-refractivity contribution < 1.29 is 9.53 Å². The zero-order valence-corrected chi connectivity index (χ0v) is 12.3. The molecule has 0 saturated heterocycles. The average Bonchev–Trinajstić information content (AvgIpc) is 2.87. The lowest BCUT2D eigenvalue weighted by atomic mass is 9.97. The van der Waals surface area contributed by atoms with Crippen LogP contribution >= 0.6 is 0 Å². The SMILES string of the molecule is CNC(C)(CCN(C)CC1CCCC1)C(=O)OC. The molecule has 0 aromatic rings. The third-order valence-corrected chi connectivity index (χ3v) is 4.23. The number of carbonyl (C=O) groups excluding carboxylic acids is 1. The maximum absolute atomic E-state index is 11.7. The van der Waals surface area contributed by atoms with Crippen LogP contribution in [-0.2, 0) is 9.53 Å². The van der Waals surface area contributed by atoms with Gasteiger partial charge in [-0.05, 0) is 46.2 Å². The highest BCUT2D eigenvalue weighted by Crippen LogP contribution is 2.25. The monoisotopic (exact) mass is 256 g/mol. The molecule has 106 valence electrons. The number of esters is 1. The van der Waals surface area contributed by atoms with Gasteiger partial charge in [0.25, 0.3) is 0 Å². The van der Waals surface area contributed by atoms with Gasteiger partial charge in [-0.2, -0.15) is 0 Å². The van der Waals surface area contributed by atoms with E-state index in [1.165, 1.54) is 32.8 Å². The average molecular weight is 256 g/mol. The zero-order valence-electron chi connectivity index (χ0n) is 12.3. The van der Waals surface area contributed by atoms with E-state index in [-0.39, 0.29) is 5.97 Å². The van der Waals surface area contributed by atoms with E-state index < -0.39 is 5.54 Å². The first kappa shape index (κ1) is 15.4. The highest BCUT2D eigenvalue weighted by atomic mass is 16.5. The number of nitrogens with zero attached hydrogens (tertiary/aromatic N) is 1. The summed E-state index contributed by atoms with van der Waals surface area (Å²) in [4.78, 5) is 14.1. The molecule has 1 saturated carbocycles. The Hall–Kier alpha value is -0.610. The minimum Gasteiger partial charge on any atom is -0.468 e. The van der Waals surface area contributed by atoms with Crippen molar-refractivity contribution >= 4 is 5.97 Å². The Kier molecular flexibility index (Phi) is 6.09. The van der Waals surface area contributed by atoms with Crippen molar-refractivity contribution in [2.75, 3.05) is 34.3 Å². The molecular formula is C14H28N2O2. The molecule has 1 atom stereocenters. The molecule has 0 spiro atoms. The van der Waals surface area contributed by atoms with E-state index in [2.05, 4.69) is 17.3 Å². The Morgan fingerprint density at radius 3 is 2.56 bits per heavy atom. The highest BCUT2D eigenvalue weighted by molar-refractivity contribution is 5.80. The normalized spacial score (nSPS) is 20.1. The molecule has 0 bridgehead atoms. The van der Waals surface area contributed by atoms with Crippen molar-refractivity contribution in [2.24, 2.45) is 5.92 Å². The fourth-order valence-electron chi connectivity index (χ4n) is 2.69. The Morgan fingerprint density at radius 1 is 1.44 bits per heavy atom. The number of nitrogens with one attached hydrogen (secondary N) is 1. The second-order valence-corrected chi connectivity index (χ2v) is 5.74. The van der Waals surface area contributed by atoms with Crippen LogP contribution in [-0.4, -0.2) is 50.7 Å². The van der Waals surface area contributed by atoms with Crippen molar-refractivity contribution in [1.29, 1.82) is 0 Å².